The van der Waals surface area contributed by atoms with Crippen LogP contribution in [-0.2, 0) is 11.3 Å². The van der Waals surface area contributed by atoms with Crippen molar-refractivity contribution in [2.24, 2.45) is 0 Å². The van der Waals surface area contributed by atoms with Gasteiger partial charge in [-0.05, 0) is 30.3 Å². The van der Waals surface area contributed by atoms with Gasteiger partial charge in [0.25, 0.3) is 0 Å². The first-order chi connectivity index (χ1) is 14.3. The number of hydrogen-bond donors (Lipinski definition) is 1. The van der Waals surface area contributed by atoms with E-state index in [9.17, 15) is 0 Å². The number of para-hydroxylation sites is 2. The molecule has 0 atom stereocenters. The second kappa shape index (κ2) is 11.6. The second-order valence-corrected chi connectivity index (χ2v) is 6.34. The summed E-state index contributed by atoms with van der Waals surface area (Å²) in [5.74, 6) is 2.51. The van der Waals surface area contributed by atoms with E-state index in [2.05, 4.69) is 11.4 Å². The SMILES string of the molecule is COCCOc1ccccc1CNc1cccc(OCCOc2ccccc2)c1. The first-order valence-electron chi connectivity index (χ1n) is 9.69. The third-order valence-electron chi connectivity index (χ3n) is 4.20. The molecule has 0 spiro atoms. The van der Waals surface area contributed by atoms with Crippen LogP contribution in [0.15, 0.2) is 78.9 Å². The van der Waals surface area contributed by atoms with Crippen LogP contribution in [0.3, 0.4) is 0 Å². The van der Waals surface area contributed by atoms with Crippen molar-refractivity contribution < 1.29 is 18.9 Å². The highest BCUT2D eigenvalue weighted by Crippen LogP contribution is 2.22. The molecule has 0 aromatic heterocycles. The van der Waals surface area contributed by atoms with Gasteiger partial charge in [0.2, 0.25) is 0 Å². The fourth-order valence-electron chi connectivity index (χ4n) is 2.75. The van der Waals surface area contributed by atoms with Crippen LogP contribution in [0.25, 0.3) is 0 Å². The third kappa shape index (κ3) is 7.05. The second-order valence-electron chi connectivity index (χ2n) is 6.34. The van der Waals surface area contributed by atoms with Gasteiger partial charge in [-0.25, -0.2) is 0 Å². The molecule has 0 aliphatic carbocycles. The zero-order valence-electron chi connectivity index (χ0n) is 16.7. The van der Waals surface area contributed by atoms with Crippen LogP contribution in [-0.4, -0.2) is 33.5 Å². The number of anilines is 1. The number of nitrogens with one attached hydrogen (secondary N) is 1. The normalized spacial score (nSPS) is 10.4. The van der Waals surface area contributed by atoms with E-state index in [1.807, 2.05) is 72.8 Å². The van der Waals surface area contributed by atoms with Gasteiger partial charge >= 0.3 is 0 Å². The summed E-state index contributed by atoms with van der Waals surface area (Å²) in [5, 5.41) is 3.43. The van der Waals surface area contributed by atoms with E-state index in [1.165, 1.54) is 0 Å². The maximum Gasteiger partial charge on any atom is 0.124 e. The van der Waals surface area contributed by atoms with E-state index >= 15 is 0 Å². The lowest BCUT2D eigenvalue weighted by Crippen LogP contribution is -2.09. The summed E-state index contributed by atoms with van der Waals surface area (Å²) < 4.78 is 22.3. The number of benzene rings is 3. The fraction of sp³-hybridized carbons (Fsp3) is 0.250. The van der Waals surface area contributed by atoms with E-state index in [-0.39, 0.29) is 0 Å². The molecule has 0 saturated heterocycles. The predicted molar refractivity (Wildman–Crippen MR) is 115 cm³/mol. The average Bonchev–Trinajstić information content (AvgIpc) is 2.77. The van der Waals surface area contributed by atoms with Crippen LogP contribution < -0.4 is 19.5 Å². The van der Waals surface area contributed by atoms with Crippen molar-refractivity contribution >= 4 is 5.69 Å². The first kappa shape index (κ1) is 20.6. The zero-order valence-corrected chi connectivity index (χ0v) is 16.7. The summed E-state index contributed by atoms with van der Waals surface area (Å²) in [6.45, 7) is 2.73. The lowest BCUT2D eigenvalue weighted by atomic mass is 10.2. The van der Waals surface area contributed by atoms with Crippen molar-refractivity contribution in [3.63, 3.8) is 0 Å². The van der Waals surface area contributed by atoms with Crippen LogP contribution in [0.2, 0.25) is 0 Å². The van der Waals surface area contributed by atoms with E-state index in [1.54, 1.807) is 7.11 Å². The van der Waals surface area contributed by atoms with Gasteiger partial charge in [0.05, 0.1) is 6.61 Å². The van der Waals surface area contributed by atoms with Gasteiger partial charge in [-0.15, -0.1) is 0 Å². The molecule has 0 bridgehead atoms. The monoisotopic (exact) mass is 393 g/mol. The molecule has 0 amide bonds. The summed E-state index contributed by atoms with van der Waals surface area (Å²) in [6.07, 6.45) is 0. The Morgan fingerprint density at radius 2 is 1.34 bits per heavy atom. The van der Waals surface area contributed by atoms with Gasteiger partial charge in [0.1, 0.15) is 37.1 Å². The van der Waals surface area contributed by atoms with Crippen LogP contribution in [0, 0.1) is 0 Å². The van der Waals surface area contributed by atoms with E-state index < -0.39 is 0 Å². The highest BCUT2D eigenvalue weighted by Gasteiger charge is 2.04. The molecule has 3 aromatic rings. The lowest BCUT2D eigenvalue weighted by Gasteiger charge is -2.13. The molecular formula is C24H27NO4. The molecule has 0 heterocycles. The molecule has 1 N–H and O–H groups in total. The minimum Gasteiger partial charge on any atom is -0.491 e. The topological polar surface area (TPSA) is 49.0 Å². The zero-order chi connectivity index (χ0) is 20.2. The van der Waals surface area contributed by atoms with Crippen molar-refractivity contribution in [1.29, 1.82) is 0 Å². The largest absolute Gasteiger partial charge is 0.491 e. The van der Waals surface area contributed by atoms with Crippen LogP contribution >= 0.6 is 0 Å². The van der Waals surface area contributed by atoms with Crippen LogP contribution in [0.1, 0.15) is 5.56 Å². The molecule has 3 rings (SSSR count). The minimum absolute atomic E-state index is 0.481. The van der Waals surface area contributed by atoms with Crippen molar-refractivity contribution in [1.82, 2.24) is 0 Å². The van der Waals surface area contributed by atoms with Gasteiger partial charge in [-0.1, -0.05) is 42.5 Å². The smallest absolute Gasteiger partial charge is 0.124 e. The molecule has 0 aliphatic heterocycles. The Hall–Kier alpha value is -3.18. The predicted octanol–water partition coefficient (Wildman–Crippen LogP) is 4.78. The molecule has 0 radical (unpaired) electrons. The maximum atomic E-state index is 5.81. The molecule has 0 aliphatic rings. The summed E-state index contributed by atoms with van der Waals surface area (Å²) in [7, 11) is 1.67. The molecule has 3 aromatic carbocycles. The van der Waals surface area contributed by atoms with Gasteiger partial charge in [0.15, 0.2) is 0 Å². The van der Waals surface area contributed by atoms with Crippen LogP contribution in [0.5, 0.6) is 17.2 Å². The molecule has 29 heavy (non-hydrogen) atoms. The van der Waals surface area contributed by atoms with E-state index in [0.717, 1.165) is 28.5 Å². The minimum atomic E-state index is 0.481. The van der Waals surface area contributed by atoms with Crippen molar-refractivity contribution in [3.8, 4) is 17.2 Å². The highest BCUT2D eigenvalue weighted by molar-refractivity contribution is 5.49. The number of ether oxygens (including phenoxy) is 4. The molecule has 0 unspecified atom stereocenters. The van der Waals surface area contributed by atoms with Crippen molar-refractivity contribution in [2.45, 2.75) is 6.54 Å². The first-order valence-corrected chi connectivity index (χ1v) is 9.69. The summed E-state index contributed by atoms with van der Waals surface area (Å²) in [4.78, 5) is 0. The van der Waals surface area contributed by atoms with Gasteiger partial charge < -0.3 is 24.3 Å². The van der Waals surface area contributed by atoms with E-state index in [4.69, 9.17) is 18.9 Å². The number of rotatable bonds is 12. The Morgan fingerprint density at radius 1 is 0.655 bits per heavy atom. The quantitative estimate of drug-likeness (QED) is 0.449. The van der Waals surface area contributed by atoms with Gasteiger partial charge in [-0.2, -0.15) is 0 Å². The Balaban J connectivity index is 1.47. The molecule has 152 valence electrons. The number of methoxy groups -OCH3 is 1. The Bertz CT molecular complexity index is 854. The standard InChI is InChI=1S/C24H27NO4/c1-26-14-15-29-24-13-6-5-8-20(24)19-25-21-9-7-12-23(18-21)28-17-16-27-22-10-3-2-4-11-22/h2-13,18,25H,14-17,19H2,1H3. The molecule has 5 nitrogen and oxygen atoms in total. The Morgan fingerprint density at radius 3 is 2.17 bits per heavy atom. The molecule has 0 saturated carbocycles. The van der Waals surface area contributed by atoms with Crippen LogP contribution in [0.4, 0.5) is 5.69 Å². The average molecular weight is 393 g/mol. The fourth-order valence-corrected chi connectivity index (χ4v) is 2.75. The highest BCUT2D eigenvalue weighted by atomic mass is 16.5. The third-order valence-corrected chi connectivity index (χ3v) is 4.20. The van der Waals surface area contributed by atoms with Crippen molar-refractivity contribution in [2.75, 3.05) is 38.9 Å². The van der Waals surface area contributed by atoms with Gasteiger partial charge in [0, 0.05) is 31.0 Å². The molecular weight excluding hydrogens is 366 g/mol. The van der Waals surface area contributed by atoms with Crippen molar-refractivity contribution in [3.05, 3.63) is 84.4 Å². The summed E-state index contributed by atoms with van der Waals surface area (Å²) in [5.41, 5.74) is 2.07. The lowest BCUT2D eigenvalue weighted by molar-refractivity contribution is 0.146. The summed E-state index contributed by atoms with van der Waals surface area (Å²) >= 11 is 0. The van der Waals surface area contributed by atoms with E-state index in [0.29, 0.717) is 33.0 Å². The Labute approximate surface area is 172 Å². The van der Waals surface area contributed by atoms with Gasteiger partial charge in [-0.3, -0.25) is 0 Å². The molecule has 0 fully saturated rings. The Kier molecular flexibility index (Phi) is 8.23. The molecule has 5 heteroatoms. The number of hydrogen-bond acceptors (Lipinski definition) is 5. The maximum absolute atomic E-state index is 5.81. The summed E-state index contributed by atoms with van der Waals surface area (Å²) in [6, 6.07) is 25.6.